The van der Waals surface area contributed by atoms with Crippen LogP contribution in [0, 0.1) is 20.8 Å². The van der Waals surface area contributed by atoms with Crippen LogP contribution in [-0.2, 0) is 26.2 Å². The third-order valence-corrected chi connectivity index (χ3v) is 7.82. The van der Waals surface area contributed by atoms with Gasteiger partial charge in [0, 0.05) is 11.4 Å². The fourth-order valence-electron chi connectivity index (χ4n) is 3.47. The third-order valence-electron chi connectivity index (χ3n) is 4.73. The Hall–Kier alpha value is -3.05. The van der Waals surface area contributed by atoms with Gasteiger partial charge in [0.15, 0.2) is 0 Å². The van der Waals surface area contributed by atoms with E-state index < -0.39 is 31.8 Å². The summed E-state index contributed by atoms with van der Waals surface area (Å²) in [5.41, 5.74) is 0.960. The molecule has 0 saturated heterocycles. The van der Waals surface area contributed by atoms with Gasteiger partial charge in [-0.25, -0.2) is 16.8 Å². The number of halogens is 3. The normalized spacial score (nSPS) is 12.4. The van der Waals surface area contributed by atoms with E-state index in [1.165, 1.54) is 18.2 Å². The first-order valence-electron chi connectivity index (χ1n) is 9.60. The fraction of sp³-hybridized carbons (Fsp3) is 0.182. The van der Waals surface area contributed by atoms with E-state index in [0.29, 0.717) is 17.2 Å². The van der Waals surface area contributed by atoms with Gasteiger partial charge in [-0.3, -0.25) is 9.44 Å². The summed E-state index contributed by atoms with van der Waals surface area (Å²) in [4.78, 5) is -0.110. The monoisotopic (exact) mass is 498 g/mol. The average Bonchev–Trinajstić information content (AvgIpc) is 2.66. The molecule has 0 bridgehead atoms. The third kappa shape index (κ3) is 5.66. The molecule has 0 aliphatic rings. The van der Waals surface area contributed by atoms with Crippen molar-refractivity contribution in [1.82, 2.24) is 0 Å². The predicted molar refractivity (Wildman–Crippen MR) is 120 cm³/mol. The van der Waals surface area contributed by atoms with Crippen LogP contribution in [0.4, 0.5) is 24.5 Å². The summed E-state index contributed by atoms with van der Waals surface area (Å²) in [7, 11) is -8.13. The lowest BCUT2D eigenvalue weighted by molar-refractivity contribution is -0.137. The number of anilines is 2. The molecular weight excluding hydrogens is 477 g/mol. The predicted octanol–water partition coefficient (Wildman–Crippen LogP) is 5.23. The zero-order chi connectivity index (χ0) is 24.6. The lowest BCUT2D eigenvalue weighted by Crippen LogP contribution is -2.16. The quantitative estimate of drug-likeness (QED) is 0.487. The minimum absolute atomic E-state index is 0.132. The molecule has 2 N–H and O–H groups in total. The minimum atomic E-state index is -4.62. The maximum absolute atomic E-state index is 12.9. The molecule has 0 atom stereocenters. The zero-order valence-corrected chi connectivity index (χ0v) is 19.5. The number of alkyl halides is 3. The highest BCUT2D eigenvalue weighted by Crippen LogP contribution is 2.31. The number of nitrogens with one attached hydrogen (secondary N) is 2. The Balaban J connectivity index is 1.83. The average molecular weight is 499 g/mol. The summed E-state index contributed by atoms with van der Waals surface area (Å²) < 4.78 is 94.0. The first kappa shape index (κ1) is 24.6. The first-order chi connectivity index (χ1) is 15.2. The minimum Gasteiger partial charge on any atom is -0.280 e. The molecule has 3 aromatic rings. The van der Waals surface area contributed by atoms with Crippen molar-refractivity contribution in [3.63, 3.8) is 0 Å². The Kier molecular flexibility index (Phi) is 6.49. The van der Waals surface area contributed by atoms with Gasteiger partial charge >= 0.3 is 6.18 Å². The SMILES string of the molecule is Cc1cc(C)c(S(=O)(=O)Nc2ccc(S(=O)(=O)Nc3cccc(C(F)(F)F)c3)cc2)c(C)c1. The highest BCUT2D eigenvalue weighted by Gasteiger charge is 2.30. The standard InChI is InChI=1S/C22H21F3N2O4S2/c1-14-11-15(2)21(16(3)12-14)33(30,31)26-18-7-9-20(10-8-18)32(28,29)27-19-6-4-5-17(13-19)22(23,24)25/h4-13,26-27H,1-3H3. The van der Waals surface area contributed by atoms with Gasteiger partial charge in [0.1, 0.15) is 0 Å². The van der Waals surface area contributed by atoms with E-state index in [4.69, 9.17) is 0 Å². The van der Waals surface area contributed by atoms with Crippen molar-refractivity contribution in [3.05, 3.63) is 82.9 Å². The number of aryl methyl sites for hydroxylation is 3. The van der Waals surface area contributed by atoms with Gasteiger partial charge in [-0.2, -0.15) is 13.2 Å². The molecule has 176 valence electrons. The fourth-order valence-corrected chi connectivity index (χ4v) is 6.04. The van der Waals surface area contributed by atoms with Crippen molar-refractivity contribution in [2.75, 3.05) is 9.44 Å². The summed E-state index contributed by atoms with van der Waals surface area (Å²) in [6.45, 7) is 5.23. The number of benzene rings is 3. The molecule has 3 rings (SSSR count). The largest absolute Gasteiger partial charge is 0.416 e. The topological polar surface area (TPSA) is 92.3 Å². The maximum atomic E-state index is 12.9. The van der Waals surface area contributed by atoms with Crippen LogP contribution in [0.1, 0.15) is 22.3 Å². The van der Waals surface area contributed by atoms with E-state index in [2.05, 4.69) is 9.44 Å². The molecule has 11 heteroatoms. The molecule has 0 aliphatic carbocycles. The van der Waals surface area contributed by atoms with Gasteiger partial charge in [-0.1, -0.05) is 23.8 Å². The molecule has 6 nitrogen and oxygen atoms in total. The van der Waals surface area contributed by atoms with E-state index in [-0.39, 0.29) is 21.2 Å². The highest BCUT2D eigenvalue weighted by molar-refractivity contribution is 7.93. The lowest BCUT2D eigenvalue weighted by atomic mass is 10.1. The molecule has 0 aliphatic heterocycles. The second-order valence-corrected chi connectivity index (χ2v) is 10.8. The molecule has 3 aromatic carbocycles. The molecule has 0 radical (unpaired) electrons. The number of hydrogen-bond donors (Lipinski definition) is 2. The van der Waals surface area contributed by atoms with Gasteiger partial charge < -0.3 is 0 Å². The smallest absolute Gasteiger partial charge is 0.280 e. The van der Waals surface area contributed by atoms with Gasteiger partial charge in [0.25, 0.3) is 20.0 Å². The van der Waals surface area contributed by atoms with E-state index in [9.17, 15) is 30.0 Å². The number of sulfonamides is 2. The van der Waals surface area contributed by atoms with Gasteiger partial charge in [-0.15, -0.1) is 0 Å². The van der Waals surface area contributed by atoms with E-state index in [1.54, 1.807) is 26.0 Å². The Morgan fingerprint density at radius 3 is 1.79 bits per heavy atom. The number of rotatable bonds is 6. The maximum Gasteiger partial charge on any atom is 0.416 e. The second kappa shape index (κ2) is 8.71. The van der Waals surface area contributed by atoms with Gasteiger partial charge in [-0.05, 0) is 74.4 Å². The van der Waals surface area contributed by atoms with Crippen LogP contribution < -0.4 is 9.44 Å². The van der Waals surface area contributed by atoms with Crippen LogP contribution in [0.3, 0.4) is 0 Å². The Morgan fingerprint density at radius 2 is 1.24 bits per heavy atom. The molecule has 33 heavy (non-hydrogen) atoms. The van der Waals surface area contributed by atoms with E-state index in [0.717, 1.165) is 29.8 Å². The highest BCUT2D eigenvalue weighted by atomic mass is 32.2. The molecule has 0 aromatic heterocycles. The zero-order valence-electron chi connectivity index (χ0n) is 17.9. The molecule has 0 saturated carbocycles. The van der Waals surface area contributed by atoms with Crippen molar-refractivity contribution < 1.29 is 30.0 Å². The van der Waals surface area contributed by atoms with Crippen molar-refractivity contribution in [1.29, 1.82) is 0 Å². The molecule has 0 amide bonds. The second-order valence-electron chi connectivity index (χ2n) is 7.54. The van der Waals surface area contributed by atoms with Crippen molar-refractivity contribution in [3.8, 4) is 0 Å². The Labute approximate surface area is 190 Å². The molecule has 0 spiro atoms. The van der Waals surface area contributed by atoms with Crippen molar-refractivity contribution in [2.45, 2.75) is 36.7 Å². The summed E-state index contributed by atoms with van der Waals surface area (Å²) in [6, 6.07) is 12.1. The van der Waals surface area contributed by atoms with Gasteiger partial charge in [0.2, 0.25) is 0 Å². The van der Waals surface area contributed by atoms with Crippen LogP contribution >= 0.6 is 0 Å². The van der Waals surface area contributed by atoms with Crippen molar-refractivity contribution >= 4 is 31.4 Å². The molecule has 0 fully saturated rings. The first-order valence-corrected chi connectivity index (χ1v) is 12.6. The van der Waals surface area contributed by atoms with Crippen LogP contribution in [-0.4, -0.2) is 16.8 Å². The lowest BCUT2D eigenvalue weighted by Gasteiger charge is -2.14. The molecule has 0 unspecified atom stereocenters. The van der Waals surface area contributed by atoms with Crippen LogP contribution in [0.25, 0.3) is 0 Å². The van der Waals surface area contributed by atoms with E-state index in [1.807, 2.05) is 6.92 Å². The molecular formula is C22H21F3N2O4S2. The number of hydrogen-bond acceptors (Lipinski definition) is 4. The Morgan fingerprint density at radius 1 is 0.697 bits per heavy atom. The van der Waals surface area contributed by atoms with Crippen LogP contribution in [0.15, 0.2) is 70.5 Å². The van der Waals surface area contributed by atoms with E-state index >= 15 is 0 Å². The Bertz CT molecular complexity index is 1380. The summed E-state index contributed by atoms with van der Waals surface area (Å²) in [5, 5.41) is 0. The van der Waals surface area contributed by atoms with Gasteiger partial charge in [0.05, 0.1) is 15.4 Å². The summed E-state index contributed by atoms with van der Waals surface area (Å²) in [5.74, 6) is 0. The molecule has 0 heterocycles. The summed E-state index contributed by atoms with van der Waals surface area (Å²) >= 11 is 0. The van der Waals surface area contributed by atoms with Crippen LogP contribution in [0.5, 0.6) is 0 Å². The van der Waals surface area contributed by atoms with Crippen molar-refractivity contribution in [2.24, 2.45) is 0 Å². The summed E-state index contributed by atoms with van der Waals surface area (Å²) in [6.07, 6.45) is -4.62. The van der Waals surface area contributed by atoms with Crippen LogP contribution in [0.2, 0.25) is 0 Å².